The number of nitrogens with zero attached hydrogens (tertiary/aromatic N) is 4. The van der Waals surface area contributed by atoms with Gasteiger partial charge in [-0.25, -0.2) is 4.68 Å². The van der Waals surface area contributed by atoms with E-state index in [0.717, 1.165) is 51.4 Å². The van der Waals surface area contributed by atoms with Crippen LogP contribution in [0.15, 0.2) is 60.7 Å². The Labute approximate surface area is 166 Å². The molecule has 146 valence electrons. The lowest BCUT2D eigenvalue weighted by Gasteiger charge is -2.33. The molecule has 6 heteroatoms. The van der Waals surface area contributed by atoms with Crippen molar-refractivity contribution in [3.05, 3.63) is 72.1 Å². The normalized spacial score (nSPS) is 20.8. The van der Waals surface area contributed by atoms with E-state index in [1.165, 1.54) is 11.3 Å². The Morgan fingerprint density at radius 2 is 1.61 bits per heavy atom. The Hall–Kier alpha value is -2.57. The number of nitrogens with one attached hydrogen (secondary N) is 2. The van der Waals surface area contributed by atoms with Crippen LogP contribution in [0, 0.1) is 0 Å². The largest absolute Gasteiger partial charge is 0.317 e. The highest BCUT2D eigenvalue weighted by Crippen LogP contribution is 2.11. The summed E-state index contributed by atoms with van der Waals surface area (Å²) in [6, 6.07) is 21.8. The fraction of sp³-hybridized carbons (Fsp3) is 0.409. The van der Waals surface area contributed by atoms with Crippen LogP contribution in [0.5, 0.6) is 0 Å². The lowest BCUT2D eigenvalue weighted by molar-refractivity contribution is -1.01. The molecule has 1 aromatic heterocycles. The lowest BCUT2D eigenvalue weighted by Crippen LogP contribution is -3.26. The van der Waals surface area contributed by atoms with Gasteiger partial charge >= 0.3 is 0 Å². The topological polar surface area (TPSA) is 52.5 Å². The smallest absolute Gasteiger partial charge is 0.209 e. The first-order chi connectivity index (χ1) is 13.8. The zero-order valence-corrected chi connectivity index (χ0v) is 16.6. The number of quaternary nitrogens is 2. The van der Waals surface area contributed by atoms with Crippen LogP contribution in [0.25, 0.3) is 0 Å². The van der Waals surface area contributed by atoms with E-state index in [-0.39, 0.29) is 0 Å². The highest BCUT2D eigenvalue weighted by Gasteiger charge is 2.33. The molecule has 0 radical (unpaired) electrons. The van der Waals surface area contributed by atoms with Crippen molar-refractivity contribution < 1.29 is 9.80 Å². The van der Waals surface area contributed by atoms with Crippen molar-refractivity contribution >= 4 is 5.69 Å². The summed E-state index contributed by atoms with van der Waals surface area (Å²) in [5, 5.41) is 12.7. The molecule has 0 saturated carbocycles. The van der Waals surface area contributed by atoms with Gasteiger partial charge < -0.3 is 4.90 Å². The van der Waals surface area contributed by atoms with Crippen LogP contribution < -0.4 is 9.80 Å². The quantitative estimate of drug-likeness (QED) is 0.629. The van der Waals surface area contributed by atoms with Gasteiger partial charge in [-0.15, -0.1) is 5.10 Å². The maximum absolute atomic E-state index is 4.43. The molecule has 0 aliphatic carbocycles. The predicted octanol–water partition coefficient (Wildman–Crippen LogP) is 0.482. The molecule has 0 bridgehead atoms. The van der Waals surface area contributed by atoms with E-state index in [1.54, 1.807) is 9.80 Å². The molecule has 1 fully saturated rings. The Bertz CT molecular complexity index is 840. The summed E-state index contributed by atoms with van der Waals surface area (Å²) in [5.74, 6) is 1.04. The average molecular weight is 379 g/mol. The number of rotatable bonds is 7. The molecule has 6 nitrogen and oxygen atoms in total. The summed E-state index contributed by atoms with van der Waals surface area (Å²) in [5.41, 5.74) is 2.73. The summed E-state index contributed by atoms with van der Waals surface area (Å²) < 4.78 is 2.02. The highest BCUT2D eigenvalue weighted by atomic mass is 15.5. The molecule has 0 spiro atoms. The molecule has 1 aliphatic heterocycles. The number of aromatic nitrogens is 4. The van der Waals surface area contributed by atoms with Gasteiger partial charge in [-0.3, -0.25) is 4.90 Å². The van der Waals surface area contributed by atoms with Crippen molar-refractivity contribution in [3.8, 4) is 0 Å². The molecule has 2 heterocycles. The SMILES string of the molecule is CC[C@H](c1nnnn1CCc1ccccc1)[NH+]1CC[NH+](c2ccccc2)CC1. The molecule has 0 unspecified atom stereocenters. The van der Waals surface area contributed by atoms with Gasteiger partial charge in [0.25, 0.3) is 0 Å². The lowest BCUT2D eigenvalue weighted by atomic mass is 10.1. The van der Waals surface area contributed by atoms with Crippen LogP contribution in [-0.4, -0.2) is 46.4 Å². The number of piperazine rings is 1. The monoisotopic (exact) mass is 378 g/mol. The van der Waals surface area contributed by atoms with Crippen LogP contribution in [0.1, 0.15) is 30.8 Å². The first-order valence-electron chi connectivity index (χ1n) is 10.4. The second-order valence-corrected chi connectivity index (χ2v) is 7.58. The number of tetrazole rings is 1. The van der Waals surface area contributed by atoms with Crippen molar-refractivity contribution in [2.75, 3.05) is 26.2 Å². The average Bonchev–Trinajstić information content (AvgIpc) is 3.23. The van der Waals surface area contributed by atoms with E-state index < -0.39 is 0 Å². The predicted molar refractivity (Wildman–Crippen MR) is 108 cm³/mol. The Kier molecular flexibility index (Phi) is 6.09. The van der Waals surface area contributed by atoms with E-state index in [9.17, 15) is 0 Å². The first kappa shape index (κ1) is 18.8. The van der Waals surface area contributed by atoms with Gasteiger partial charge in [-0.2, -0.15) is 0 Å². The van der Waals surface area contributed by atoms with Crippen molar-refractivity contribution in [1.82, 2.24) is 20.2 Å². The molecule has 1 aliphatic rings. The van der Waals surface area contributed by atoms with Gasteiger partial charge in [-0.1, -0.05) is 55.5 Å². The second-order valence-electron chi connectivity index (χ2n) is 7.58. The molecule has 2 aromatic carbocycles. The molecular formula is C22H30N6+2. The van der Waals surface area contributed by atoms with Crippen molar-refractivity contribution in [1.29, 1.82) is 0 Å². The molecule has 4 rings (SSSR count). The number of hydrogen-bond acceptors (Lipinski definition) is 3. The molecule has 0 amide bonds. The summed E-state index contributed by atoms with van der Waals surface area (Å²) in [6.45, 7) is 7.69. The third-order valence-electron chi connectivity index (χ3n) is 5.91. The maximum atomic E-state index is 4.43. The number of hydrogen-bond donors (Lipinski definition) is 2. The number of benzene rings is 2. The van der Waals surface area contributed by atoms with Gasteiger partial charge in [0.15, 0.2) is 0 Å². The second kappa shape index (κ2) is 9.08. The van der Waals surface area contributed by atoms with Crippen molar-refractivity contribution in [3.63, 3.8) is 0 Å². The fourth-order valence-corrected chi connectivity index (χ4v) is 4.34. The van der Waals surface area contributed by atoms with Crippen molar-refractivity contribution in [2.45, 2.75) is 32.4 Å². The summed E-state index contributed by atoms with van der Waals surface area (Å²) in [4.78, 5) is 3.20. The molecular weight excluding hydrogens is 348 g/mol. The van der Waals surface area contributed by atoms with Crippen LogP contribution in [0.3, 0.4) is 0 Å². The number of aryl methyl sites for hydroxylation is 2. The zero-order chi connectivity index (χ0) is 19.2. The Morgan fingerprint density at radius 1 is 0.929 bits per heavy atom. The van der Waals surface area contributed by atoms with Gasteiger partial charge in [0.05, 0.1) is 0 Å². The standard InChI is InChI=1S/C22H28N6/c1-2-21(27-17-15-26(16-18-27)20-11-7-4-8-12-20)22-23-24-25-28(22)14-13-19-9-5-3-6-10-19/h3-12,21H,2,13-18H2,1H3/p+2/t21-/m1/s1. The van der Waals surface area contributed by atoms with Crippen molar-refractivity contribution in [2.24, 2.45) is 0 Å². The van der Waals surface area contributed by atoms with Gasteiger partial charge in [0.2, 0.25) is 5.82 Å². The van der Waals surface area contributed by atoms with E-state index in [0.29, 0.717) is 6.04 Å². The minimum Gasteiger partial charge on any atom is -0.317 e. The van der Waals surface area contributed by atoms with E-state index in [4.69, 9.17) is 0 Å². The van der Waals surface area contributed by atoms with Gasteiger partial charge in [0, 0.05) is 13.0 Å². The minimum atomic E-state index is 0.364. The molecule has 28 heavy (non-hydrogen) atoms. The van der Waals surface area contributed by atoms with Gasteiger partial charge in [-0.05, 0) is 34.5 Å². The molecule has 2 N–H and O–H groups in total. The first-order valence-corrected chi connectivity index (χ1v) is 10.4. The van der Waals surface area contributed by atoms with E-state index in [2.05, 4.69) is 83.1 Å². The fourth-order valence-electron chi connectivity index (χ4n) is 4.34. The molecule has 1 atom stereocenters. The Balaban J connectivity index is 1.40. The third-order valence-corrected chi connectivity index (χ3v) is 5.91. The summed E-state index contributed by atoms with van der Waals surface area (Å²) in [6.07, 6.45) is 2.01. The zero-order valence-electron chi connectivity index (χ0n) is 16.6. The van der Waals surface area contributed by atoms with E-state index in [1.807, 2.05) is 4.68 Å². The highest BCUT2D eigenvalue weighted by molar-refractivity contribution is 5.27. The minimum absolute atomic E-state index is 0.364. The van der Waals surface area contributed by atoms with Crippen LogP contribution >= 0.6 is 0 Å². The maximum Gasteiger partial charge on any atom is 0.209 e. The molecule has 3 aromatic rings. The molecule has 1 saturated heterocycles. The summed E-state index contributed by atoms with van der Waals surface area (Å²) in [7, 11) is 0. The summed E-state index contributed by atoms with van der Waals surface area (Å²) >= 11 is 0. The van der Waals surface area contributed by atoms with Crippen LogP contribution in [-0.2, 0) is 13.0 Å². The van der Waals surface area contributed by atoms with Crippen LogP contribution in [0.2, 0.25) is 0 Å². The van der Waals surface area contributed by atoms with Gasteiger partial charge in [0.1, 0.15) is 37.9 Å². The Morgan fingerprint density at radius 3 is 2.29 bits per heavy atom. The number of para-hydroxylation sites is 1. The van der Waals surface area contributed by atoms with Crippen LogP contribution in [0.4, 0.5) is 5.69 Å². The third kappa shape index (κ3) is 4.29. The van der Waals surface area contributed by atoms with E-state index >= 15 is 0 Å².